The highest BCUT2D eigenvalue weighted by Crippen LogP contribution is 2.28. The number of nitrogens with one attached hydrogen (secondary N) is 1. The number of aryl methyl sites for hydroxylation is 2. The molecule has 0 fully saturated rings. The van der Waals surface area contributed by atoms with E-state index in [1.54, 1.807) is 6.07 Å². The van der Waals surface area contributed by atoms with E-state index in [0.29, 0.717) is 5.56 Å². The molecule has 0 bridgehead atoms. The van der Waals surface area contributed by atoms with Crippen LogP contribution in [0.2, 0.25) is 0 Å². The van der Waals surface area contributed by atoms with Crippen molar-refractivity contribution in [3.05, 3.63) is 58.9 Å². The van der Waals surface area contributed by atoms with E-state index in [-0.39, 0.29) is 5.82 Å². The van der Waals surface area contributed by atoms with Crippen LogP contribution in [0.15, 0.2) is 36.4 Å². The molecule has 1 N–H and O–H groups in total. The largest absolute Gasteiger partial charge is 0.313 e. The molecule has 0 saturated heterocycles. The Hall–Kier alpha value is -1.67. The molecule has 106 valence electrons. The Morgan fingerprint density at radius 3 is 2.55 bits per heavy atom. The van der Waals surface area contributed by atoms with E-state index >= 15 is 0 Å². The minimum absolute atomic E-state index is 0.155. The van der Waals surface area contributed by atoms with Crippen LogP contribution in [-0.2, 0) is 6.54 Å². The number of hydrogen-bond acceptors (Lipinski definition) is 1. The molecule has 0 atom stereocenters. The van der Waals surface area contributed by atoms with E-state index in [4.69, 9.17) is 0 Å². The summed E-state index contributed by atoms with van der Waals surface area (Å²) >= 11 is 0. The molecule has 0 radical (unpaired) electrons. The SMILES string of the molecule is CCCNCc1ccc(F)c(-c2cc(C)ccc2C)c1. The van der Waals surface area contributed by atoms with Gasteiger partial charge in [0.15, 0.2) is 0 Å². The Bertz CT molecular complexity index is 590. The summed E-state index contributed by atoms with van der Waals surface area (Å²) in [5, 5.41) is 3.35. The molecular weight excluding hydrogens is 249 g/mol. The van der Waals surface area contributed by atoms with Gasteiger partial charge in [0.2, 0.25) is 0 Å². The van der Waals surface area contributed by atoms with Crippen LogP contribution in [0.1, 0.15) is 30.0 Å². The highest BCUT2D eigenvalue weighted by molar-refractivity contribution is 5.69. The molecule has 1 nitrogen and oxygen atoms in total. The quantitative estimate of drug-likeness (QED) is 0.783. The Kier molecular flexibility index (Phi) is 4.91. The summed E-state index contributed by atoms with van der Waals surface area (Å²) in [6, 6.07) is 11.5. The van der Waals surface area contributed by atoms with Gasteiger partial charge in [0, 0.05) is 12.1 Å². The summed E-state index contributed by atoms with van der Waals surface area (Å²) < 4.78 is 14.1. The lowest BCUT2D eigenvalue weighted by atomic mass is 9.96. The topological polar surface area (TPSA) is 12.0 Å². The molecule has 2 heteroatoms. The molecule has 2 rings (SSSR count). The van der Waals surface area contributed by atoms with Crippen molar-refractivity contribution < 1.29 is 4.39 Å². The molecule has 0 unspecified atom stereocenters. The van der Waals surface area contributed by atoms with Crippen LogP contribution in [0.3, 0.4) is 0 Å². The third-order valence-electron chi connectivity index (χ3n) is 3.47. The van der Waals surface area contributed by atoms with Crippen LogP contribution in [0.25, 0.3) is 11.1 Å². The molecule has 0 aliphatic rings. The first-order valence-corrected chi connectivity index (χ1v) is 7.18. The zero-order valence-electron chi connectivity index (χ0n) is 12.5. The van der Waals surface area contributed by atoms with Crippen molar-refractivity contribution in [3.63, 3.8) is 0 Å². The van der Waals surface area contributed by atoms with Crippen molar-refractivity contribution in [1.82, 2.24) is 5.32 Å². The smallest absolute Gasteiger partial charge is 0.131 e. The maximum absolute atomic E-state index is 14.1. The van der Waals surface area contributed by atoms with Gasteiger partial charge >= 0.3 is 0 Å². The first kappa shape index (κ1) is 14.7. The maximum Gasteiger partial charge on any atom is 0.131 e. The van der Waals surface area contributed by atoms with Crippen molar-refractivity contribution >= 4 is 0 Å². The number of benzene rings is 2. The lowest BCUT2D eigenvalue weighted by Gasteiger charge is -2.11. The second kappa shape index (κ2) is 6.67. The molecule has 0 amide bonds. The third kappa shape index (κ3) is 3.45. The second-order valence-corrected chi connectivity index (χ2v) is 5.31. The Balaban J connectivity index is 2.35. The molecular formula is C18H22FN. The number of rotatable bonds is 5. The standard InChI is InChI=1S/C18H22FN/c1-4-9-20-12-15-7-8-18(19)17(11-15)16-10-13(2)5-6-14(16)3/h5-8,10-11,20H,4,9,12H2,1-3H3. The van der Waals surface area contributed by atoms with Crippen LogP contribution >= 0.6 is 0 Å². The fourth-order valence-electron chi connectivity index (χ4n) is 2.32. The summed E-state index contributed by atoms with van der Waals surface area (Å²) in [4.78, 5) is 0. The normalized spacial score (nSPS) is 10.8. The first-order valence-electron chi connectivity index (χ1n) is 7.18. The van der Waals surface area contributed by atoms with E-state index in [0.717, 1.165) is 41.8 Å². The van der Waals surface area contributed by atoms with Gasteiger partial charge in [0.05, 0.1) is 0 Å². The van der Waals surface area contributed by atoms with E-state index in [9.17, 15) is 4.39 Å². The third-order valence-corrected chi connectivity index (χ3v) is 3.47. The Morgan fingerprint density at radius 1 is 1.00 bits per heavy atom. The van der Waals surface area contributed by atoms with Crippen molar-refractivity contribution in [1.29, 1.82) is 0 Å². The minimum Gasteiger partial charge on any atom is -0.313 e. The summed E-state index contributed by atoms with van der Waals surface area (Å²) in [6.45, 7) is 7.96. The molecule has 20 heavy (non-hydrogen) atoms. The van der Waals surface area contributed by atoms with E-state index in [1.807, 2.05) is 32.0 Å². The lowest BCUT2D eigenvalue weighted by molar-refractivity contribution is 0.628. The predicted molar refractivity (Wildman–Crippen MR) is 83.3 cm³/mol. The van der Waals surface area contributed by atoms with Gasteiger partial charge in [0.1, 0.15) is 5.82 Å². The zero-order valence-corrected chi connectivity index (χ0v) is 12.5. The Labute approximate surface area is 120 Å². The lowest BCUT2D eigenvalue weighted by Crippen LogP contribution is -2.13. The summed E-state index contributed by atoms with van der Waals surface area (Å²) in [5.41, 5.74) is 5.06. The Morgan fingerprint density at radius 2 is 1.80 bits per heavy atom. The number of halogens is 1. The van der Waals surface area contributed by atoms with Crippen LogP contribution in [0.4, 0.5) is 4.39 Å². The van der Waals surface area contributed by atoms with Gasteiger partial charge in [-0.3, -0.25) is 0 Å². The average Bonchev–Trinajstić information content (AvgIpc) is 2.44. The van der Waals surface area contributed by atoms with Gasteiger partial charge in [-0.05, 0) is 55.6 Å². The van der Waals surface area contributed by atoms with Crippen LogP contribution < -0.4 is 5.32 Å². The van der Waals surface area contributed by atoms with Crippen molar-refractivity contribution in [2.24, 2.45) is 0 Å². The molecule has 0 spiro atoms. The van der Waals surface area contributed by atoms with Crippen LogP contribution in [0.5, 0.6) is 0 Å². The van der Waals surface area contributed by atoms with E-state index in [2.05, 4.69) is 24.4 Å². The number of hydrogen-bond donors (Lipinski definition) is 1. The summed E-state index contributed by atoms with van der Waals surface area (Å²) in [6.07, 6.45) is 1.10. The predicted octanol–water partition coefficient (Wildman–Crippen LogP) is 4.61. The maximum atomic E-state index is 14.1. The van der Waals surface area contributed by atoms with Crippen molar-refractivity contribution in [2.45, 2.75) is 33.7 Å². The van der Waals surface area contributed by atoms with Crippen molar-refractivity contribution in [3.8, 4) is 11.1 Å². The highest BCUT2D eigenvalue weighted by atomic mass is 19.1. The molecule has 0 aromatic heterocycles. The van der Waals surface area contributed by atoms with Crippen molar-refractivity contribution in [2.75, 3.05) is 6.54 Å². The van der Waals surface area contributed by atoms with Crippen LogP contribution in [0, 0.1) is 19.7 Å². The van der Waals surface area contributed by atoms with E-state index in [1.165, 1.54) is 0 Å². The van der Waals surface area contributed by atoms with Gasteiger partial charge in [-0.1, -0.05) is 36.8 Å². The summed E-state index contributed by atoms with van der Waals surface area (Å²) in [5.74, 6) is -0.155. The highest BCUT2D eigenvalue weighted by Gasteiger charge is 2.09. The van der Waals surface area contributed by atoms with Gasteiger partial charge in [-0.2, -0.15) is 0 Å². The molecule has 0 saturated carbocycles. The zero-order chi connectivity index (χ0) is 14.5. The second-order valence-electron chi connectivity index (χ2n) is 5.31. The fraction of sp³-hybridized carbons (Fsp3) is 0.333. The average molecular weight is 271 g/mol. The molecule has 2 aromatic carbocycles. The van der Waals surface area contributed by atoms with Crippen LogP contribution in [-0.4, -0.2) is 6.54 Å². The van der Waals surface area contributed by atoms with E-state index < -0.39 is 0 Å². The fourth-order valence-corrected chi connectivity index (χ4v) is 2.32. The van der Waals surface area contributed by atoms with Gasteiger partial charge in [-0.25, -0.2) is 4.39 Å². The van der Waals surface area contributed by atoms with Gasteiger partial charge in [0.25, 0.3) is 0 Å². The van der Waals surface area contributed by atoms with Gasteiger partial charge < -0.3 is 5.32 Å². The summed E-state index contributed by atoms with van der Waals surface area (Å²) in [7, 11) is 0. The molecule has 0 heterocycles. The molecule has 0 aliphatic carbocycles. The van der Waals surface area contributed by atoms with Gasteiger partial charge in [-0.15, -0.1) is 0 Å². The molecule has 2 aromatic rings. The minimum atomic E-state index is -0.155. The monoisotopic (exact) mass is 271 g/mol. The molecule has 0 aliphatic heterocycles. The first-order chi connectivity index (χ1) is 9.61.